The van der Waals surface area contributed by atoms with Crippen molar-refractivity contribution < 1.29 is 58.7 Å². The van der Waals surface area contributed by atoms with E-state index < -0.39 is 35.3 Å². The van der Waals surface area contributed by atoms with E-state index in [1.54, 1.807) is 35.2 Å². The molecule has 0 spiro atoms. The van der Waals surface area contributed by atoms with E-state index in [2.05, 4.69) is 6.58 Å². The number of ether oxygens (including phenoxy) is 1. The first-order valence-electron chi connectivity index (χ1n) is 16.2. The van der Waals surface area contributed by atoms with Crippen LogP contribution in [-0.4, -0.2) is 98.0 Å². The number of hydrogen-bond donors (Lipinski definition) is 5. The Balaban J connectivity index is 2.01. The molecule has 2 aromatic carbocycles. The standard InChI is InChI=1S/C37H38N2O13/c1-2-15-51-29-19-31-27(17-23(29)21-39(13-9-34(45)46)14-10-35(47)48)36(24-5-3-4-6-25(24)37(49)50)26-16-22(28(40)18-30(26)52-31)20-38(11-7-32(41)42)12-8-33(43)44/h2-6,16-19H,1,7-15,20-21H2,(H,41,42)(H,43,44)(H,45,46)(H,47,48)(H,49,50). The van der Waals surface area contributed by atoms with Gasteiger partial charge >= 0.3 is 29.8 Å². The molecule has 1 aliphatic carbocycles. The quantitative estimate of drug-likeness (QED) is 0.0596. The molecule has 0 fully saturated rings. The van der Waals surface area contributed by atoms with E-state index in [1.807, 2.05) is 0 Å². The van der Waals surface area contributed by atoms with Crippen LogP contribution >= 0.6 is 0 Å². The molecule has 274 valence electrons. The molecule has 0 amide bonds. The van der Waals surface area contributed by atoms with Gasteiger partial charge in [-0.3, -0.25) is 33.8 Å². The van der Waals surface area contributed by atoms with Crippen LogP contribution in [-0.2, 0) is 32.3 Å². The minimum absolute atomic E-state index is 0.0221. The molecule has 0 unspecified atom stereocenters. The van der Waals surface area contributed by atoms with Gasteiger partial charge in [-0.05, 0) is 23.8 Å². The number of carboxylic acids is 5. The first-order valence-corrected chi connectivity index (χ1v) is 16.2. The second kappa shape index (κ2) is 17.7. The van der Waals surface area contributed by atoms with Crippen LogP contribution in [0.25, 0.3) is 33.4 Å². The first-order chi connectivity index (χ1) is 24.8. The maximum atomic E-state index is 13.5. The van der Waals surface area contributed by atoms with E-state index in [0.29, 0.717) is 27.8 Å². The summed E-state index contributed by atoms with van der Waals surface area (Å²) >= 11 is 0. The van der Waals surface area contributed by atoms with Gasteiger partial charge in [0.15, 0.2) is 5.43 Å². The molecule has 2 aromatic rings. The Kier molecular flexibility index (Phi) is 13.2. The molecule has 0 aromatic heterocycles. The zero-order valence-corrected chi connectivity index (χ0v) is 28.1. The van der Waals surface area contributed by atoms with Gasteiger partial charge < -0.3 is 34.7 Å². The second-order valence-corrected chi connectivity index (χ2v) is 12.0. The lowest BCUT2D eigenvalue weighted by Gasteiger charge is -2.24. The van der Waals surface area contributed by atoms with Crippen molar-refractivity contribution in [3.05, 3.63) is 88.1 Å². The number of nitrogens with zero attached hydrogens (tertiary/aromatic N) is 2. The van der Waals surface area contributed by atoms with Crippen molar-refractivity contribution in [1.82, 2.24) is 9.80 Å². The van der Waals surface area contributed by atoms with Crippen LogP contribution in [0.3, 0.4) is 0 Å². The van der Waals surface area contributed by atoms with Crippen LogP contribution in [0.2, 0.25) is 0 Å². The fraction of sp³-hybridized carbons (Fsp3) is 0.297. The number of hydrogen-bond acceptors (Lipinski definition) is 10. The van der Waals surface area contributed by atoms with Gasteiger partial charge in [0.05, 0.1) is 31.2 Å². The lowest BCUT2D eigenvalue weighted by molar-refractivity contribution is -0.139. The van der Waals surface area contributed by atoms with Gasteiger partial charge in [0, 0.05) is 79.0 Å². The molecule has 0 atom stereocenters. The Morgan fingerprint density at radius 2 is 1.25 bits per heavy atom. The molecule has 15 nitrogen and oxygen atoms in total. The number of aromatic carboxylic acids is 1. The maximum absolute atomic E-state index is 13.5. The van der Waals surface area contributed by atoms with Gasteiger partial charge in [-0.1, -0.05) is 30.9 Å². The fourth-order valence-corrected chi connectivity index (χ4v) is 5.78. The third-order valence-electron chi connectivity index (χ3n) is 8.22. The molecule has 5 N–H and O–H groups in total. The summed E-state index contributed by atoms with van der Waals surface area (Å²) in [6, 6.07) is 12.2. The van der Waals surface area contributed by atoms with Crippen molar-refractivity contribution in [1.29, 1.82) is 0 Å². The molecule has 0 saturated heterocycles. The number of aliphatic carboxylic acids is 4. The topological polar surface area (TPSA) is 232 Å². The molecular weight excluding hydrogens is 680 g/mol. The Morgan fingerprint density at radius 3 is 1.77 bits per heavy atom. The Labute approximate surface area is 296 Å². The third kappa shape index (κ3) is 10.2. The lowest BCUT2D eigenvalue weighted by Crippen LogP contribution is -2.30. The van der Waals surface area contributed by atoms with Gasteiger partial charge in [-0.25, -0.2) is 4.79 Å². The average Bonchev–Trinajstić information content (AvgIpc) is 3.08. The van der Waals surface area contributed by atoms with E-state index in [1.165, 1.54) is 29.2 Å². The van der Waals surface area contributed by atoms with Crippen molar-refractivity contribution in [2.24, 2.45) is 0 Å². The van der Waals surface area contributed by atoms with E-state index >= 15 is 0 Å². The predicted octanol–water partition coefficient (Wildman–Crippen LogP) is 4.33. The second-order valence-electron chi connectivity index (χ2n) is 12.0. The third-order valence-corrected chi connectivity index (χ3v) is 8.22. The summed E-state index contributed by atoms with van der Waals surface area (Å²) in [6.45, 7) is 3.68. The molecule has 52 heavy (non-hydrogen) atoms. The predicted molar refractivity (Wildman–Crippen MR) is 187 cm³/mol. The summed E-state index contributed by atoms with van der Waals surface area (Å²) in [5.41, 5.74) is 1.35. The highest BCUT2D eigenvalue weighted by Gasteiger charge is 2.25. The summed E-state index contributed by atoms with van der Waals surface area (Å²) in [7, 11) is 0. The normalized spacial score (nSPS) is 11.3. The highest BCUT2D eigenvalue weighted by atomic mass is 16.5. The van der Waals surface area contributed by atoms with E-state index in [9.17, 15) is 54.3 Å². The largest absolute Gasteiger partial charge is 0.489 e. The van der Waals surface area contributed by atoms with E-state index in [4.69, 9.17) is 9.15 Å². The zero-order chi connectivity index (χ0) is 37.9. The zero-order valence-electron chi connectivity index (χ0n) is 28.1. The van der Waals surface area contributed by atoms with Crippen molar-refractivity contribution in [2.45, 2.75) is 38.8 Å². The summed E-state index contributed by atoms with van der Waals surface area (Å²) in [6.07, 6.45) is 0.391. The highest BCUT2D eigenvalue weighted by Crippen LogP contribution is 2.43. The van der Waals surface area contributed by atoms with Crippen LogP contribution in [0.4, 0.5) is 0 Å². The summed E-state index contributed by atoms with van der Waals surface area (Å²) < 4.78 is 12.2. The molecule has 0 radical (unpaired) electrons. The van der Waals surface area contributed by atoms with E-state index in [-0.39, 0.29) is 99.6 Å². The van der Waals surface area contributed by atoms with Crippen LogP contribution in [0, 0.1) is 0 Å². The summed E-state index contributed by atoms with van der Waals surface area (Å²) in [4.78, 5) is 74.7. The fourth-order valence-electron chi connectivity index (χ4n) is 5.78. The van der Waals surface area contributed by atoms with Crippen LogP contribution in [0.15, 0.2) is 70.4 Å². The van der Waals surface area contributed by atoms with Crippen molar-refractivity contribution in [3.63, 3.8) is 0 Å². The number of fused-ring (bicyclic) bond motifs is 2. The van der Waals surface area contributed by atoms with E-state index in [0.717, 1.165) is 0 Å². The van der Waals surface area contributed by atoms with Crippen molar-refractivity contribution >= 4 is 40.8 Å². The Morgan fingerprint density at radius 1 is 0.712 bits per heavy atom. The van der Waals surface area contributed by atoms with Gasteiger partial charge in [0.25, 0.3) is 0 Å². The monoisotopic (exact) mass is 718 g/mol. The van der Waals surface area contributed by atoms with Crippen LogP contribution in [0.1, 0.15) is 47.2 Å². The molecule has 15 heteroatoms. The number of rotatable bonds is 21. The lowest BCUT2D eigenvalue weighted by atomic mass is 9.89. The average molecular weight is 719 g/mol. The SMILES string of the molecule is C=CCOc1cc2oc3cc(=O)c(CN(CCC(=O)O)CCC(=O)O)cc-3c(-c3ccccc3C(=O)O)c2cc1CN(CCC(=O)O)CCC(=O)O. The molecule has 1 aliphatic heterocycles. The molecule has 0 bridgehead atoms. The van der Waals surface area contributed by atoms with Crippen molar-refractivity contribution in [2.75, 3.05) is 32.8 Å². The smallest absolute Gasteiger partial charge is 0.336 e. The van der Waals surface area contributed by atoms with Gasteiger partial charge in [-0.15, -0.1) is 0 Å². The molecule has 0 saturated carbocycles. The first kappa shape index (κ1) is 38.7. The van der Waals surface area contributed by atoms with Crippen LogP contribution in [0.5, 0.6) is 5.75 Å². The summed E-state index contributed by atoms with van der Waals surface area (Å²) in [5, 5.41) is 47.8. The maximum Gasteiger partial charge on any atom is 0.336 e. The van der Waals surface area contributed by atoms with Gasteiger partial charge in [-0.2, -0.15) is 0 Å². The Bertz CT molecular complexity index is 1980. The minimum Gasteiger partial charge on any atom is -0.489 e. The highest BCUT2D eigenvalue weighted by molar-refractivity contribution is 6.07. The molecular formula is C37H38N2O13. The summed E-state index contributed by atoms with van der Waals surface area (Å²) in [5.74, 6) is -5.17. The molecule has 1 heterocycles. The molecule has 2 aliphatic rings. The van der Waals surface area contributed by atoms with Crippen LogP contribution < -0.4 is 10.2 Å². The number of carboxylic acid groups (broad SMARTS) is 5. The Hall–Kier alpha value is -6.06. The number of carbonyl (C=O) groups is 5. The number of benzene rings is 3. The van der Waals surface area contributed by atoms with Gasteiger partial charge in [0.2, 0.25) is 0 Å². The molecule has 4 rings (SSSR count). The van der Waals surface area contributed by atoms with Gasteiger partial charge in [0.1, 0.15) is 23.7 Å². The van der Waals surface area contributed by atoms with Crippen molar-refractivity contribution in [3.8, 4) is 28.2 Å². The minimum atomic E-state index is -1.23.